The van der Waals surface area contributed by atoms with Gasteiger partial charge in [0.05, 0.1) is 19.3 Å². The van der Waals surface area contributed by atoms with E-state index in [0.717, 1.165) is 54.1 Å². The Morgan fingerprint density at radius 3 is 2.46 bits per heavy atom. The fourth-order valence-corrected chi connectivity index (χ4v) is 3.77. The normalized spacial score (nSPS) is 14.8. The number of methoxy groups -OCH3 is 1. The number of nitrogens with one attached hydrogen (secondary N) is 1. The second kappa shape index (κ2) is 8.31. The van der Waals surface area contributed by atoms with Gasteiger partial charge in [-0.2, -0.15) is 0 Å². The van der Waals surface area contributed by atoms with Crippen LogP contribution in [0.4, 0.5) is 11.4 Å². The number of hydrogen-bond donors (Lipinski definition) is 1. The van der Waals surface area contributed by atoms with Gasteiger partial charge >= 0.3 is 0 Å². The smallest absolute Gasteiger partial charge is 0.238 e. The van der Waals surface area contributed by atoms with E-state index in [2.05, 4.69) is 33.3 Å². The molecule has 3 aromatic carbocycles. The van der Waals surface area contributed by atoms with Crippen molar-refractivity contribution in [2.45, 2.75) is 0 Å². The molecule has 1 N–H and O–H groups in total. The zero-order valence-electron chi connectivity index (χ0n) is 16.1. The molecule has 0 spiro atoms. The van der Waals surface area contributed by atoms with Gasteiger partial charge in [0.2, 0.25) is 5.91 Å². The predicted molar refractivity (Wildman–Crippen MR) is 114 cm³/mol. The molecule has 0 saturated carbocycles. The Labute approximate surface area is 165 Å². The van der Waals surface area contributed by atoms with Gasteiger partial charge in [-0.05, 0) is 23.6 Å². The minimum Gasteiger partial charge on any atom is -0.495 e. The largest absolute Gasteiger partial charge is 0.495 e. The van der Waals surface area contributed by atoms with Gasteiger partial charge in [-0.25, -0.2) is 0 Å². The number of ether oxygens (including phenoxy) is 1. The van der Waals surface area contributed by atoms with E-state index >= 15 is 0 Å². The van der Waals surface area contributed by atoms with Crippen LogP contribution in [-0.4, -0.2) is 50.6 Å². The Balaban J connectivity index is 1.35. The fraction of sp³-hybridized carbons (Fsp3) is 0.261. The van der Waals surface area contributed by atoms with E-state index in [9.17, 15) is 4.79 Å². The van der Waals surface area contributed by atoms with Crippen LogP contribution in [-0.2, 0) is 4.79 Å². The quantitative estimate of drug-likeness (QED) is 0.740. The van der Waals surface area contributed by atoms with Crippen LogP contribution in [0.5, 0.6) is 5.75 Å². The number of benzene rings is 3. The van der Waals surface area contributed by atoms with Gasteiger partial charge in [0, 0.05) is 37.3 Å². The van der Waals surface area contributed by atoms with E-state index in [4.69, 9.17) is 4.74 Å². The average molecular weight is 375 g/mol. The number of piperazine rings is 1. The first-order valence-corrected chi connectivity index (χ1v) is 9.62. The molecule has 1 amide bonds. The second-order valence-corrected chi connectivity index (χ2v) is 7.01. The topological polar surface area (TPSA) is 44.8 Å². The lowest BCUT2D eigenvalue weighted by Gasteiger charge is -2.36. The number of fused-ring (bicyclic) bond motifs is 1. The zero-order valence-corrected chi connectivity index (χ0v) is 16.1. The van der Waals surface area contributed by atoms with Crippen LogP contribution in [0.15, 0.2) is 66.7 Å². The Morgan fingerprint density at radius 2 is 1.64 bits per heavy atom. The molecule has 0 aliphatic carbocycles. The molecule has 1 aliphatic heterocycles. The van der Waals surface area contributed by atoms with Gasteiger partial charge in [-0.3, -0.25) is 9.69 Å². The van der Waals surface area contributed by atoms with E-state index in [1.807, 2.05) is 48.5 Å². The third-order valence-electron chi connectivity index (χ3n) is 5.23. The van der Waals surface area contributed by atoms with Crippen molar-refractivity contribution in [1.29, 1.82) is 0 Å². The van der Waals surface area contributed by atoms with Gasteiger partial charge in [-0.1, -0.05) is 48.5 Å². The van der Waals surface area contributed by atoms with Crippen LogP contribution < -0.4 is 15.0 Å². The van der Waals surface area contributed by atoms with Crippen molar-refractivity contribution in [3.8, 4) is 5.75 Å². The maximum Gasteiger partial charge on any atom is 0.238 e. The lowest BCUT2D eigenvalue weighted by atomic mass is 10.1. The number of para-hydroxylation sites is 2. The first kappa shape index (κ1) is 18.3. The number of rotatable bonds is 5. The minimum absolute atomic E-state index is 0.0297. The molecule has 5 nitrogen and oxygen atoms in total. The van der Waals surface area contributed by atoms with Gasteiger partial charge in [0.1, 0.15) is 5.75 Å². The van der Waals surface area contributed by atoms with Crippen molar-refractivity contribution in [2.75, 3.05) is 50.1 Å². The summed E-state index contributed by atoms with van der Waals surface area (Å²) in [6, 6.07) is 22.2. The molecule has 0 unspecified atom stereocenters. The van der Waals surface area contributed by atoms with Crippen LogP contribution in [0.1, 0.15) is 0 Å². The molecule has 0 atom stereocenters. The van der Waals surface area contributed by atoms with Crippen molar-refractivity contribution >= 4 is 28.1 Å². The number of carbonyl (C=O) groups is 1. The number of amides is 1. The van der Waals surface area contributed by atoms with Crippen molar-refractivity contribution < 1.29 is 9.53 Å². The molecule has 0 radical (unpaired) electrons. The summed E-state index contributed by atoms with van der Waals surface area (Å²) >= 11 is 0. The minimum atomic E-state index is 0.0297. The Morgan fingerprint density at radius 1 is 0.929 bits per heavy atom. The fourth-order valence-electron chi connectivity index (χ4n) is 3.77. The van der Waals surface area contributed by atoms with Crippen molar-refractivity contribution in [1.82, 2.24) is 4.90 Å². The summed E-state index contributed by atoms with van der Waals surface area (Å²) < 4.78 is 5.47. The number of nitrogens with zero attached hydrogens (tertiary/aromatic N) is 2. The summed E-state index contributed by atoms with van der Waals surface area (Å²) in [5, 5.41) is 5.28. The lowest BCUT2D eigenvalue weighted by Crippen LogP contribution is -2.48. The molecule has 0 aromatic heterocycles. The standard InChI is InChI=1S/C23H25N3O2/c1-28-22-12-5-4-11-21(22)26-15-13-25(14-16-26)17-23(27)24-20-10-6-8-18-7-2-3-9-19(18)20/h2-12H,13-17H2,1H3,(H,24,27). The van der Waals surface area contributed by atoms with Crippen LogP contribution >= 0.6 is 0 Å². The average Bonchev–Trinajstić information content (AvgIpc) is 2.74. The monoisotopic (exact) mass is 375 g/mol. The van der Waals surface area contributed by atoms with Gasteiger partial charge < -0.3 is 15.0 Å². The first-order chi connectivity index (χ1) is 13.7. The molecule has 3 aromatic rings. The summed E-state index contributed by atoms with van der Waals surface area (Å²) in [6.07, 6.45) is 0. The van der Waals surface area contributed by atoms with Crippen LogP contribution in [0.2, 0.25) is 0 Å². The summed E-state index contributed by atoms with van der Waals surface area (Å²) in [7, 11) is 1.70. The summed E-state index contributed by atoms with van der Waals surface area (Å²) in [5.74, 6) is 0.923. The second-order valence-electron chi connectivity index (χ2n) is 7.01. The number of hydrogen-bond acceptors (Lipinski definition) is 4. The molecule has 1 aliphatic rings. The van der Waals surface area contributed by atoms with Crippen molar-refractivity contribution in [3.63, 3.8) is 0 Å². The highest BCUT2D eigenvalue weighted by atomic mass is 16.5. The number of carbonyl (C=O) groups excluding carboxylic acids is 1. The molecular formula is C23H25N3O2. The van der Waals surface area contributed by atoms with Gasteiger partial charge in [0.25, 0.3) is 0 Å². The van der Waals surface area contributed by atoms with Crippen LogP contribution in [0.3, 0.4) is 0 Å². The van der Waals surface area contributed by atoms with E-state index in [1.165, 1.54) is 0 Å². The molecule has 1 fully saturated rings. The van der Waals surface area contributed by atoms with Crippen molar-refractivity contribution in [2.24, 2.45) is 0 Å². The maximum atomic E-state index is 12.6. The molecule has 4 rings (SSSR count). The molecular weight excluding hydrogens is 350 g/mol. The van der Waals surface area contributed by atoms with E-state index in [0.29, 0.717) is 6.54 Å². The molecule has 1 heterocycles. The molecule has 5 heteroatoms. The predicted octanol–water partition coefficient (Wildman–Crippen LogP) is 3.61. The van der Waals surface area contributed by atoms with Gasteiger partial charge in [-0.15, -0.1) is 0 Å². The third kappa shape index (κ3) is 3.94. The van der Waals surface area contributed by atoms with E-state index in [-0.39, 0.29) is 5.91 Å². The highest BCUT2D eigenvalue weighted by Gasteiger charge is 2.21. The third-order valence-corrected chi connectivity index (χ3v) is 5.23. The maximum absolute atomic E-state index is 12.6. The molecule has 1 saturated heterocycles. The Kier molecular flexibility index (Phi) is 5.44. The summed E-state index contributed by atoms with van der Waals surface area (Å²) in [6.45, 7) is 3.86. The first-order valence-electron chi connectivity index (χ1n) is 9.62. The summed E-state index contributed by atoms with van der Waals surface area (Å²) in [5.41, 5.74) is 1.99. The van der Waals surface area contributed by atoms with E-state index in [1.54, 1.807) is 7.11 Å². The van der Waals surface area contributed by atoms with E-state index < -0.39 is 0 Å². The zero-order chi connectivity index (χ0) is 19.3. The number of anilines is 2. The van der Waals surface area contributed by atoms with Crippen LogP contribution in [0.25, 0.3) is 10.8 Å². The Bertz CT molecular complexity index is 959. The highest BCUT2D eigenvalue weighted by molar-refractivity contribution is 6.02. The lowest BCUT2D eigenvalue weighted by molar-refractivity contribution is -0.117. The highest BCUT2D eigenvalue weighted by Crippen LogP contribution is 2.28. The molecule has 28 heavy (non-hydrogen) atoms. The van der Waals surface area contributed by atoms with Crippen LogP contribution in [0, 0.1) is 0 Å². The van der Waals surface area contributed by atoms with Crippen molar-refractivity contribution in [3.05, 3.63) is 66.7 Å². The summed E-state index contributed by atoms with van der Waals surface area (Å²) in [4.78, 5) is 17.1. The molecule has 0 bridgehead atoms. The molecule has 144 valence electrons. The SMILES string of the molecule is COc1ccccc1N1CCN(CC(=O)Nc2cccc3ccccc23)CC1. The van der Waals surface area contributed by atoms with Gasteiger partial charge in [0.15, 0.2) is 0 Å². The Hall–Kier alpha value is -3.05.